The highest BCUT2D eigenvalue weighted by Gasteiger charge is 2.29. The van der Waals surface area contributed by atoms with Crippen LogP contribution in [0.15, 0.2) is 60.7 Å². The van der Waals surface area contributed by atoms with Gasteiger partial charge in [-0.25, -0.2) is 4.79 Å². The van der Waals surface area contributed by atoms with Crippen molar-refractivity contribution >= 4 is 23.3 Å². The van der Waals surface area contributed by atoms with Gasteiger partial charge in [0.2, 0.25) is 0 Å². The number of ether oxygens (including phenoxy) is 3. The highest BCUT2D eigenvalue weighted by molar-refractivity contribution is 5.99. The fraction of sp³-hybridized carbons (Fsp3) is 0.310. The van der Waals surface area contributed by atoms with Crippen LogP contribution in [0.3, 0.4) is 0 Å². The van der Waals surface area contributed by atoms with Crippen LogP contribution in [0.4, 0.5) is 16.2 Å². The second-order valence-corrected chi connectivity index (χ2v) is 9.29. The molecule has 1 aliphatic heterocycles. The van der Waals surface area contributed by atoms with Crippen molar-refractivity contribution in [2.45, 2.75) is 45.9 Å². The van der Waals surface area contributed by atoms with Crippen molar-refractivity contribution in [2.24, 2.45) is 0 Å². The van der Waals surface area contributed by atoms with Crippen molar-refractivity contribution < 1.29 is 23.8 Å². The number of carbonyl (C=O) groups is 2. The fourth-order valence-electron chi connectivity index (χ4n) is 4.34. The van der Waals surface area contributed by atoms with Gasteiger partial charge in [0.05, 0.1) is 14.2 Å². The Hall–Kier alpha value is -4.20. The summed E-state index contributed by atoms with van der Waals surface area (Å²) in [6.07, 6.45) is -0.659. The molecule has 8 heteroatoms. The maximum Gasteiger partial charge on any atom is 0.323 e. The zero-order valence-electron chi connectivity index (χ0n) is 21.8. The summed E-state index contributed by atoms with van der Waals surface area (Å²) in [5.74, 6) is 2.07. The van der Waals surface area contributed by atoms with E-state index in [2.05, 4.69) is 24.5 Å². The van der Waals surface area contributed by atoms with E-state index < -0.39 is 6.10 Å². The number of fused-ring (bicyclic) bond motifs is 1. The first-order valence-corrected chi connectivity index (χ1v) is 12.2. The quantitative estimate of drug-likeness (QED) is 0.427. The number of hydrogen-bond acceptors (Lipinski definition) is 5. The zero-order valence-corrected chi connectivity index (χ0v) is 21.8. The summed E-state index contributed by atoms with van der Waals surface area (Å²) in [6, 6.07) is 18.4. The Balaban J connectivity index is 1.51. The third kappa shape index (κ3) is 5.97. The van der Waals surface area contributed by atoms with Crippen LogP contribution in [0.2, 0.25) is 0 Å². The summed E-state index contributed by atoms with van der Waals surface area (Å²) in [5, 5.41) is 5.73. The SMILES string of the molecule is COc1cccc(CN2Cc3cc(NC(=O)Nc4ccc(C(C)C)cc4)ccc3O[C@H](C)C2=O)c1OC. The first kappa shape index (κ1) is 25.9. The molecule has 1 atom stereocenters. The molecule has 1 heterocycles. The van der Waals surface area contributed by atoms with E-state index >= 15 is 0 Å². The van der Waals surface area contributed by atoms with Crippen molar-refractivity contribution in [3.8, 4) is 17.2 Å². The summed E-state index contributed by atoms with van der Waals surface area (Å²) in [7, 11) is 3.16. The third-order valence-electron chi connectivity index (χ3n) is 6.32. The minimum atomic E-state index is -0.659. The molecule has 0 saturated heterocycles. The summed E-state index contributed by atoms with van der Waals surface area (Å²) >= 11 is 0. The van der Waals surface area contributed by atoms with Crippen LogP contribution in [-0.2, 0) is 17.9 Å². The van der Waals surface area contributed by atoms with Gasteiger partial charge in [-0.2, -0.15) is 0 Å². The number of nitrogens with one attached hydrogen (secondary N) is 2. The van der Waals surface area contributed by atoms with E-state index in [-0.39, 0.29) is 11.9 Å². The Morgan fingerprint density at radius 1 is 1.03 bits per heavy atom. The maximum absolute atomic E-state index is 13.2. The average molecular weight is 504 g/mol. The summed E-state index contributed by atoms with van der Waals surface area (Å²) in [6.45, 7) is 6.61. The lowest BCUT2D eigenvalue weighted by Crippen LogP contribution is -2.37. The highest BCUT2D eigenvalue weighted by atomic mass is 16.5. The number of para-hydroxylation sites is 1. The molecule has 3 amide bonds. The number of amides is 3. The smallest absolute Gasteiger partial charge is 0.323 e. The fourth-order valence-corrected chi connectivity index (χ4v) is 4.34. The van der Waals surface area contributed by atoms with E-state index in [0.717, 1.165) is 11.1 Å². The van der Waals surface area contributed by atoms with Gasteiger partial charge in [0, 0.05) is 35.6 Å². The van der Waals surface area contributed by atoms with Gasteiger partial charge in [0.15, 0.2) is 17.6 Å². The topological polar surface area (TPSA) is 89.1 Å². The molecule has 8 nitrogen and oxygen atoms in total. The predicted molar refractivity (Wildman–Crippen MR) is 144 cm³/mol. The van der Waals surface area contributed by atoms with Crippen molar-refractivity contribution in [1.82, 2.24) is 4.90 Å². The minimum Gasteiger partial charge on any atom is -0.493 e. The molecule has 3 aromatic rings. The van der Waals surface area contributed by atoms with Gasteiger partial charge < -0.3 is 29.7 Å². The van der Waals surface area contributed by atoms with E-state index in [0.29, 0.717) is 47.6 Å². The van der Waals surface area contributed by atoms with Gasteiger partial charge in [-0.15, -0.1) is 0 Å². The molecule has 4 rings (SSSR count). The minimum absolute atomic E-state index is 0.141. The molecule has 37 heavy (non-hydrogen) atoms. The molecule has 0 radical (unpaired) electrons. The maximum atomic E-state index is 13.2. The molecule has 0 spiro atoms. The van der Waals surface area contributed by atoms with Gasteiger partial charge in [-0.1, -0.05) is 38.1 Å². The van der Waals surface area contributed by atoms with Gasteiger partial charge in [0.25, 0.3) is 5.91 Å². The molecular formula is C29H33N3O5. The average Bonchev–Trinajstić information content (AvgIpc) is 2.99. The summed E-state index contributed by atoms with van der Waals surface area (Å²) in [5.41, 5.74) is 4.12. The number of hydrogen-bond donors (Lipinski definition) is 2. The van der Waals surface area contributed by atoms with E-state index in [1.54, 1.807) is 38.2 Å². The third-order valence-corrected chi connectivity index (χ3v) is 6.32. The summed E-state index contributed by atoms with van der Waals surface area (Å²) in [4.78, 5) is 27.5. The predicted octanol–water partition coefficient (Wildman–Crippen LogP) is 5.78. The second kappa shape index (κ2) is 11.2. The molecule has 194 valence electrons. The molecule has 0 aromatic heterocycles. The van der Waals surface area contributed by atoms with Crippen molar-refractivity contribution in [1.29, 1.82) is 0 Å². The zero-order chi connectivity index (χ0) is 26.5. The molecule has 0 aliphatic carbocycles. The number of benzene rings is 3. The first-order valence-electron chi connectivity index (χ1n) is 12.2. The molecule has 1 aliphatic rings. The van der Waals surface area contributed by atoms with Crippen molar-refractivity contribution in [2.75, 3.05) is 24.9 Å². The number of nitrogens with zero attached hydrogens (tertiary/aromatic N) is 1. The van der Waals surface area contributed by atoms with Crippen LogP contribution in [0.5, 0.6) is 17.2 Å². The lowest BCUT2D eigenvalue weighted by Gasteiger charge is -2.24. The van der Waals surface area contributed by atoms with E-state index in [9.17, 15) is 9.59 Å². The lowest BCUT2D eigenvalue weighted by molar-refractivity contribution is -0.138. The first-order chi connectivity index (χ1) is 17.8. The van der Waals surface area contributed by atoms with Crippen molar-refractivity contribution in [3.63, 3.8) is 0 Å². The van der Waals surface area contributed by atoms with E-state index in [1.165, 1.54) is 5.56 Å². The van der Waals surface area contributed by atoms with Gasteiger partial charge in [-0.05, 0) is 54.8 Å². The Morgan fingerprint density at radius 2 is 1.73 bits per heavy atom. The van der Waals surface area contributed by atoms with Gasteiger partial charge >= 0.3 is 6.03 Å². The number of methoxy groups -OCH3 is 2. The molecule has 0 saturated carbocycles. The van der Waals surface area contributed by atoms with Gasteiger partial charge in [0.1, 0.15) is 5.75 Å². The van der Waals surface area contributed by atoms with Crippen LogP contribution < -0.4 is 24.8 Å². The molecular weight excluding hydrogens is 470 g/mol. The standard InChI is InChI=1S/C29H33N3O5/c1-18(2)20-9-11-23(12-10-20)30-29(34)31-24-13-14-25-22(15-24)17-32(28(33)19(3)37-25)16-21-7-6-8-26(35-4)27(21)36-5/h6-15,18-19H,16-17H2,1-5H3,(H2,30,31,34)/t19-/m1/s1. The van der Waals surface area contributed by atoms with Crippen molar-refractivity contribution in [3.05, 3.63) is 77.4 Å². The second-order valence-electron chi connectivity index (χ2n) is 9.29. The Kier molecular flexibility index (Phi) is 7.86. The van der Waals surface area contributed by atoms with Crippen LogP contribution >= 0.6 is 0 Å². The highest BCUT2D eigenvalue weighted by Crippen LogP contribution is 2.34. The van der Waals surface area contributed by atoms with E-state index in [1.807, 2.05) is 48.5 Å². The lowest BCUT2D eigenvalue weighted by atomic mass is 10.0. The van der Waals surface area contributed by atoms with Gasteiger partial charge in [-0.3, -0.25) is 4.79 Å². The van der Waals surface area contributed by atoms with Crippen LogP contribution in [0.1, 0.15) is 43.4 Å². The number of rotatable bonds is 7. The molecule has 3 aromatic carbocycles. The Bertz CT molecular complexity index is 1270. The largest absolute Gasteiger partial charge is 0.493 e. The number of carbonyl (C=O) groups excluding carboxylic acids is 2. The van der Waals surface area contributed by atoms with Crippen LogP contribution in [0.25, 0.3) is 0 Å². The number of urea groups is 1. The molecule has 2 N–H and O–H groups in total. The van der Waals surface area contributed by atoms with E-state index in [4.69, 9.17) is 14.2 Å². The molecule has 0 unspecified atom stereocenters. The van der Waals surface area contributed by atoms with Crippen LogP contribution in [0, 0.1) is 0 Å². The molecule has 0 bridgehead atoms. The van der Waals surface area contributed by atoms with Crippen LogP contribution in [-0.4, -0.2) is 37.2 Å². The Morgan fingerprint density at radius 3 is 2.41 bits per heavy atom. The monoisotopic (exact) mass is 503 g/mol. The Labute approximate surface area is 217 Å². The molecule has 0 fully saturated rings. The normalized spacial score (nSPS) is 14.9. The number of anilines is 2. The summed E-state index contributed by atoms with van der Waals surface area (Å²) < 4.78 is 16.9.